The number of para-hydroxylation sites is 1. The summed E-state index contributed by atoms with van der Waals surface area (Å²) in [5.74, 6) is 1.11. The van der Waals surface area contributed by atoms with Crippen LogP contribution in [0.25, 0.3) is 6.08 Å². The summed E-state index contributed by atoms with van der Waals surface area (Å²) in [5, 5.41) is 9.92. The van der Waals surface area contributed by atoms with Crippen LogP contribution in [-0.2, 0) is 4.79 Å². The molecule has 2 aromatic carbocycles. The van der Waals surface area contributed by atoms with Gasteiger partial charge in [0, 0.05) is 6.04 Å². The Balaban J connectivity index is 1.67. The molecule has 0 aromatic heterocycles. The summed E-state index contributed by atoms with van der Waals surface area (Å²) >= 11 is 1.38. The Hall–Kier alpha value is -2.77. The lowest BCUT2D eigenvalue weighted by Gasteiger charge is -2.25. The second-order valence-electron chi connectivity index (χ2n) is 7.48. The van der Waals surface area contributed by atoms with Crippen LogP contribution in [0.5, 0.6) is 11.5 Å². The lowest BCUT2D eigenvalue weighted by Crippen LogP contribution is -2.32. The highest BCUT2D eigenvalue weighted by molar-refractivity contribution is 8.19. The Labute approximate surface area is 180 Å². The number of aliphatic hydroxyl groups is 1. The number of aliphatic imine (C=N–C) groups is 1. The molecule has 6 nitrogen and oxygen atoms in total. The van der Waals surface area contributed by atoms with Gasteiger partial charge in [0.05, 0.1) is 17.2 Å². The Morgan fingerprint density at radius 2 is 2.07 bits per heavy atom. The summed E-state index contributed by atoms with van der Waals surface area (Å²) < 4.78 is 11.4. The minimum absolute atomic E-state index is 0.0694. The zero-order valence-corrected chi connectivity index (χ0v) is 18.0. The van der Waals surface area contributed by atoms with Crippen molar-refractivity contribution >= 4 is 34.6 Å². The summed E-state index contributed by atoms with van der Waals surface area (Å²) in [6, 6.07) is 13.4. The number of nitrogens with zero attached hydrogens (tertiary/aromatic N) is 2. The number of aliphatic hydroxyl groups excluding tert-OH is 1. The Kier molecular flexibility index (Phi) is 5.83. The van der Waals surface area contributed by atoms with E-state index in [2.05, 4.69) is 4.99 Å². The number of amidine groups is 1. The highest BCUT2D eigenvalue weighted by Crippen LogP contribution is 2.39. The van der Waals surface area contributed by atoms with Gasteiger partial charge in [-0.1, -0.05) is 24.3 Å². The van der Waals surface area contributed by atoms with Crippen molar-refractivity contribution in [1.29, 1.82) is 0 Å². The van der Waals surface area contributed by atoms with Gasteiger partial charge in [-0.05, 0) is 67.9 Å². The third-order valence-electron chi connectivity index (χ3n) is 4.72. The van der Waals surface area contributed by atoms with Gasteiger partial charge in [-0.2, -0.15) is 0 Å². The predicted molar refractivity (Wildman–Crippen MR) is 120 cm³/mol. The lowest BCUT2D eigenvalue weighted by atomic mass is 10.1. The average molecular weight is 425 g/mol. The second-order valence-corrected chi connectivity index (χ2v) is 8.49. The number of hydrogen-bond acceptors (Lipinski definition) is 6. The van der Waals surface area contributed by atoms with Crippen LogP contribution in [0.1, 0.15) is 25.0 Å². The molecule has 0 saturated carbocycles. The van der Waals surface area contributed by atoms with Crippen molar-refractivity contribution < 1.29 is 19.4 Å². The molecule has 1 unspecified atom stereocenters. The van der Waals surface area contributed by atoms with Crippen LogP contribution in [-0.4, -0.2) is 41.5 Å². The zero-order valence-electron chi connectivity index (χ0n) is 17.2. The molecule has 2 heterocycles. The summed E-state index contributed by atoms with van der Waals surface area (Å²) in [4.78, 5) is 20.3. The van der Waals surface area contributed by atoms with Crippen molar-refractivity contribution in [3.63, 3.8) is 0 Å². The molecule has 1 amide bonds. The van der Waals surface area contributed by atoms with Crippen molar-refractivity contribution in [2.45, 2.75) is 32.9 Å². The molecular formula is C23H24N2O4S. The molecule has 2 aliphatic rings. The van der Waals surface area contributed by atoms with Crippen LogP contribution in [0.15, 0.2) is 52.4 Å². The number of amides is 1. The number of anilines is 1. The van der Waals surface area contributed by atoms with Gasteiger partial charge < -0.3 is 14.6 Å². The molecule has 1 N–H and O–H groups in total. The number of ether oxygens (including phenoxy) is 2. The fourth-order valence-electron chi connectivity index (χ4n) is 3.27. The van der Waals surface area contributed by atoms with Crippen LogP contribution in [0.2, 0.25) is 0 Å². The smallest absolute Gasteiger partial charge is 0.271 e. The van der Waals surface area contributed by atoms with E-state index in [4.69, 9.17) is 9.47 Å². The van der Waals surface area contributed by atoms with Gasteiger partial charge in [0.25, 0.3) is 5.91 Å². The molecule has 156 valence electrons. The van der Waals surface area contributed by atoms with Crippen molar-refractivity contribution in [3.05, 3.63) is 58.5 Å². The highest BCUT2D eigenvalue weighted by atomic mass is 32.2. The SMILES string of the molecule is Cc1ccccc1N1C(=O)/C(=C/c2ccc3c(c2)OCC(CO)O3)S/C1=N\C(C)C. The number of carbonyl (C=O) groups is 1. The van der Waals surface area contributed by atoms with E-state index in [0.29, 0.717) is 28.2 Å². The second kappa shape index (κ2) is 8.53. The minimum atomic E-state index is -0.355. The molecule has 2 aromatic rings. The van der Waals surface area contributed by atoms with E-state index in [1.165, 1.54) is 11.8 Å². The average Bonchev–Trinajstić information content (AvgIpc) is 3.02. The number of aryl methyl sites for hydroxylation is 1. The predicted octanol–water partition coefficient (Wildman–Crippen LogP) is 4.01. The van der Waals surface area contributed by atoms with Gasteiger partial charge in [0.2, 0.25) is 0 Å². The van der Waals surface area contributed by atoms with Crippen molar-refractivity contribution in [2.24, 2.45) is 4.99 Å². The van der Waals surface area contributed by atoms with E-state index in [-0.39, 0.29) is 24.7 Å². The minimum Gasteiger partial charge on any atom is -0.486 e. The van der Waals surface area contributed by atoms with Gasteiger partial charge in [-0.25, -0.2) is 0 Å². The number of thioether (sulfide) groups is 1. The molecule has 7 heteroatoms. The van der Waals surface area contributed by atoms with Crippen LogP contribution in [0, 0.1) is 6.92 Å². The molecule has 0 bridgehead atoms. The largest absolute Gasteiger partial charge is 0.486 e. The summed E-state index contributed by atoms with van der Waals surface area (Å²) in [6.07, 6.45) is 1.49. The number of fused-ring (bicyclic) bond motifs is 1. The van der Waals surface area contributed by atoms with E-state index >= 15 is 0 Å². The Bertz CT molecular complexity index is 1030. The Morgan fingerprint density at radius 3 is 2.80 bits per heavy atom. The maximum Gasteiger partial charge on any atom is 0.271 e. The first kappa shape index (κ1) is 20.5. The first-order chi connectivity index (χ1) is 14.5. The van der Waals surface area contributed by atoms with E-state index in [0.717, 1.165) is 16.8 Å². The van der Waals surface area contributed by atoms with Gasteiger partial charge in [-0.15, -0.1) is 0 Å². The van der Waals surface area contributed by atoms with Gasteiger partial charge in [0.15, 0.2) is 22.8 Å². The van der Waals surface area contributed by atoms with Crippen LogP contribution in [0.3, 0.4) is 0 Å². The van der Waals surface area contributed by atoms with E-state index < -0.39 is 0 Å². The Morgan fingerprint density at radius 1 is 1.27 bits per heavy atom. The fraction of sp³-hybridized carbons (Fsp3) is 0.304. The molecule has 1 saturated heterocycles. The normalized spacial score (nSPS) is 21.2. The molecule has 4 rings (SSSR count). The van der Waals surface area contributed by atoms with Crippen molar-refractivity contribution in [3.8, 4) is 11.5 Å². The summed E-state index contributed by atoms with van der Waals surface area (Å²) in [7, 11) is 0. The van der Waals surface area contributed by atoms with Crippen molar-refractivity contribution in [1.82, 2.24) is 0 Å². The number of benzene rings is 2. The van der Waals surface area contributed by atoms with Crippen LogP contribution in [0.4, 0.5) is 5.69 Å². The first-order valence-electron chi connectivity index (χ1n) is 9.88. The first-order valence-corrected chi connectivity index (χ1v) is 10.7. The molecule has 0 spiro atoms. The molecule has 0 aliphatic carbocycles. The van der Waals surface area contributed by atoms with E-state index in [1.54, 1.807) is 11.0 Å². The molecule has 2 aliphatic heterocycles. The lowest BCUT2D eigenvalue weighted by molar-refractivity contribution is -0.113. The third kappa shape index (κ3) is 4.08. The fourth-order valence-corrected chi connectivity index (χ4v) is 4.38. The van der Waals surface area contributed by atoms with Crippen LogP contribution >= 0.6 is 11.8 Å². The van der Waals surface area contributed by atoms with Gasteiger partial charge >= 0.3 is 0 Å². The standard InChI is InChI=1S/C23H24N2O4S/c1-14(2)24-23-25(18-7-5-4-6-15(18)3)22(27)21(30-23)11-16-8-9-19-20(10-16)28-13-17(12-26)29-19/h4-11,14,17,26H,12-13H2,1-3H3/b21-11-,24-23-. The van der Waals surface area contributed by atoms with E-state index in [9.17, 15) is 9.90 Å². The maximum atomic E-state index is 13.3. The highest BCUT2D eigenvalue weighted by Gasteiger charge is 2.35. The topological polar surface area (TPSA) is 71.4 Å². The van der Waals surface area contributed by atoms with Gasteiger partial charge in [0.1, 0.15) is 6.61 Å². The number of carbonyl (C=O) groups excluding carboxylic acids is 1. The molecule has 30 heavy (non-hydrogen) atoms. The third-order valence-corrected chi connectivity index (χ3v) is 5.70. The molecule has 1 atom stereocenters. The monoisotopic (exact) mass is 424 g/mol. The van der Waals surface area contributed by atoms with Crippen molar-refractivity contribution in [2.75, 3.05) is 18.1 Å². The number of hydrogen-bond donors (Lipinski definition) is 1. The molecular weight excluding hydrogens is 400 g/mol. The number of rotatable bonds is 4. The van der Waals surface area contributed by atoms with Crippen LogP contribution < -0.4 is 14.4 Å². The maximum absolute atomic E-state index is 13.3. The zero-order chi connectivity index (χ0) is 21.3. The summed E-state index contributed by atoms with van der Waals surface area (Å²) in [6.45, 7) is 6.18. The van der Waals surface area contributed by atoms with E-state index in [1.807, 2.05) is 63.2 Å². The summed E-state index contributed by atoms with van der Waals surface area (Å²) in [5.41, 5.74) is 2.70. The molecule has 1 fully saturated rings. The molecule has 0 radical (unpaired) electrons. The van der Waals surface area contributed by atoms with Gasteiger partial charge in [-0.3, -0.25) is 14.7 Å². The quantitative estimate of drug-likeness (QED) is 0.751.